The zero-order valence-electron chi connectivity index (χ0n) is 12.1. The summed E-state index contributed by atoms with van der Waals surface area (Å²) in [4.78, 5) is 0. The van der Waals surface area contributed by atoms with Crippen molar-refractivity contribution in [2.24, 2.45) is 5.73 Å². The molecule has 2 N–H and O–H groups in total. The molecular formula is C15H29N3. The molecule has 1 aromatic rings. The molecular weight excluding hydrogens is 222 g/mol. The minimum atomic E-state index is 0.850. The van der Waals surface area contributed by atoms with Gasteiger partial charge in [0, 0.05) is 12.2 Å². The molecule has 1 heterocycles. The average Bonchev–Trinajstić information content (AvgIpc) is 2.66. The molecule has 0 saturated heterocycles. The SMILES string of the molecule is Cc1cc(C)n(CCCCCCCCCCN)n1. The largest absolute Gasteiger partial charge is 0.330 e. The average molecular weight is 251 g/mol. The summed E-state index contributed by atoms with van der Waals surface area (Å²) in [5.41, 5.74) is 7.89. The minimum Gasteiger partial charge on any atom is -0.330 e. The Bertz CT molecular complexity index is 318. The van der Waals surface area contributed by atoms with Gasteiger partial charge in [0.1, 0.15) is 0 Å². The van der Waals surface area contributed by atoms with Crippen LogP contribution in [0.5, 0.6) is 0 Å². The highest BCUT2D eigenvalue weighted by atomic mass is 15.3. The second kappa shape index (κ2) is 9.15. The lowest BCUT2D eigenvalue weighted by Crippen LogP contribution is -2.02. The van der Waals surface area contributed by atoms with Gasteiger partial charge in [0.05, 0.1) is 5.69 Å². The first-order valence-corrected chi connectivity index (χ1v) is 7.45. The molecule has 3 nitrogen and oxygen atoms in total. The summed E-state index contributed by atoms with van der Waals surface area (Å²) in [7, 11) is 0. The van der Waals surface area contributed by atoms with E-state index in [1.54, 1.807) is 0 Å². The van der Waals surface area contributed by atoms with E-state index in [0.717, 1.165) is 18.8 Å². The number of nitrogens with zero attached hydrogens (tertiary/aromatic N) is 2. The summed E-state index contributed by atoms with van der Waals surface area (Å²) in [5.74, 6) is 0. The van der Waals surface area contributed by atoms with Crippen molar-refractivity contribution >= 4 is 0 Å². The van der Waals surface area contributed by atoms with E-state index in [9.17, 15) is 0 Å². The summed E-state index contributed by atoms with van der Waals surface area (Å²) >= 11 is 0. The lowest BCUT2D eigenvalue weighted by Gasteiger charge is -2.04. The van der Waals surface area contributed by atoms with Gasteiger partial charge in [-0.2, -0.15) is 5.10 Å². The maximum Gasteiger partial charge on any atom is 0.0596 e. The van der Waals surface area contributed by atoms with Crippen LogP contribution in [0.15, 0.2) is 6.07 Å². The van der Waals surface area contributed by atoms with E-state index in [1.807, 2.05) is 0 Å². The highest BCUT2D eigenvalue weighted by molar-refractivity contribution is 5.06. The predicted octanol–water partition coefficient (Wildman–Crippen LogP) is 3.58. The fourth-order valence-corrected chi connectivity index (χ4v) is 2.37. The highest BCUT2D eigenvalue weighted by Crippen LogP contribution is 2.10. The Balaban J connectivity index is 1.94. The molecule has 0 atom stereocenters. The molecule has 0 amide bonds. The summed E-state index contributed by atoms with van der Waals surface area (Å²) in [6, 6.07) is 2.15. The van der Waals surface area contributed by atoms with E-state index in [0.29, 0.717) is 0 Å². The van der Waals surface area contributed by atoms with Gasteiger partial charge >= 0.3 is 0 Å². The van der Waals surface area contributed by atoms with Crippen molar-refractivity contribution in [2.75, 3.05) is 6.54 Å². The van der Waals surface area contributed by atoms with Crippen LogP contribution in [0.3, 0.4) is 0 Å². The molecule has 0 aliphatic heterocycles. The van der Waals surface area contributed by atoms with Gasteiger partial charge in [0.15, 0.2) is 0 Å². The van der Waals surface area contributed by atoms with E-state index in [2.05, 4.69) is 29.7 Å². The molecule has 0 fully saturated rings. The normalized spacial score (nSPS) is 11.1. The lowest BCUT2D eigenvalue weighted by molar-refractivity contribution is 0.511. The number of unbranched alkanes of at least 4 members (excludes halogenated alkanes) is 7. The standard InChI is InChI=1S/C15H29N3/c1-14-13-15(2)18(17-14)12-10-8-6-4-3-5-7-9-11-16/h13H,3-12,16H2,1-2H3. The van der Waals surface area contributed by atoms with Crippen LogP contribution in [0.1, 0.15) is 62.8 Å². The van der Waals surface area contributed by atoms with Crippen LogP contribution in [0.25, 0.3) is 0 Å². The van der Waals surface area contributed by atoms with Crippen molar-refractivity contribution in [1.82, 2.24) is 9.78 Å². The Morgan fingerprint density at radius 3 is 2.00 bits per heavy atom. The third-order valence-electron chi connectivity index (χ3n) is 3.43. The first kappa shape index (κ1) is 15.2. The summed E-state index contributed by atoms with van der Waals surface area (Å²) in [5, 5.41) is 4.48. The number of hydrogen-bond acceptors (Lipinski definition) is 2. The van der Waals surface area contributed by atoms with E-state index >= 15 is 0 Å². The molecule has 0 aliphatic rings. The fraction of sp³-hybridized carbons (Fsp3) is 0.800. The van der Waals surface area contributed by atoms with E-state index in [4.69, 9.17) is 5.73 Å². The molecule has 1 rings (SSSR count). The van der Waals surface area contributed by atoms with Crippen LogP contribution in [-0.2, 0) is 6.54 Å². The van der Waals surface area contributed by atoms with Gasteiger partial charge in [-0.15, -0.1) is 0 Å². The summed E-state index contributed by atoms with van der Waals surface area (Å²) in [6.07, 6.45) is 10.6. The van der Waals surface area contributed by atoms with Crippen molar-refractivity contribution in [3.63, 3.8) is 0 Å². The Labute approximate surface area is 112 Å². The maximum atomic E-state index is 5.47. The Morgan fingerprint density at radius 1 is 0.944 bits per heavy atom. The van der Waals surface area contributed by atoms with Crippen molar-refractivity contribution < 1.29 is 0 Å². The van der Waals surface area contributed by atoms with E-state index < -0.39 is 0 Å². The van der Waals surface area contributed by atoms with Crippen molar-refractivity contribution in [3.05, 3.63) is 17.5 Å². The minimum absolute atomic E-state index is 0.850. The quantitative estimate of drug-likeness (QED) is 0.646. The first-order valence-electron chi connectivity index (χ1n) is 7.45. The van der Waals surface area contributed by atoms with Crippen LogP contribution in [0.2, 0.25) is 0 Å². The summed E-state index contributed by atoms with van der Waals surface area (Å²) in [6.45, 7) is 6.12. The third kappa shape index (κ3) is 6.20. The van der Waals surface area contributed by atoms with Gasteiger partial charge in [0.25, 0.3) is 0 Å². The number of hydrogen-bond donors (Lipinski definition) is 1. The number of aryl methyl sites for hydroxylation is 3. The van der Waals surface area contributed by atoms with Gasteiger partial charge in [-0.3, -0.25) is 4.68 Å². The van der Waals surface area contributed by atoms with Gasteiger partial charge in [-0.25, -0.2) is 0 Å². The van der Waals surface area contributed by atoms with Crippen molar-refractivity contribution in [3.8, 4) is 0 Å². The van der Waals surface area contributed by atoms with Crippen LogP contribution < -0.4 is 5.73 Å². The second-order valence-corrected chi connectivity index (χ2v) is 5.27. The predicted molar refractivity (Wildman–Crippen MR) is 77.7 cm³/mol. The van der Waals surface area contributed by atoms with Crippen LogP contribution in [0, 0.1) is 13.8 Å². The number of aromatic nitrogens is 2. The third-order valence-corrected chi connectivity index (χ3v) is 3.43. The molecule has 0 bridgehead atoms. The van der Waals surface area contributed by atoms with Gasteiger partial charge in [0.2, 0.25) is 0 Å². The fourth-order valence-electron chi connectivity index (χ4n) is 2.37. The van der Waals surface area contributed by atoms with Crippen molar-refractivity contribution in [2.45, 2.75) is 71.8 Å². The Morgan fingerprint density at radius 2 is 1.50 bits per heavy atom. The van der Waals surface area contributed by atoms with Gasteiger partial charge in [-0.05, 0) is 39.3 Å². The smallest absolute Gasteiger partial charge is 0.0596 e. The molecule has 1 aromatic heterocycles. The topological polar surface area (TPSA) is 43.8 Å². The van der Waals surface area contributed by atoms with Crippen LogP contribution in [0.4, 0.5) is 0 Å². The van der Waals surface area contributed by atoms with Crippen LogP contribution >= 0.6 is 0 Å². The molecule has 0 spiro atoms. The van der Waals surface area contributed by atoms with E-state index in [-0.39, 0.29) is 0 Å². The second-order valence-electron chi connectivity index (χ2n) is 5.27. The van der Waals surface area contributed by atoms with Crippen molar-refractivity contribution in [1.29, 1.82) is 0 Å². The molecule has 0 aliphatic carbocycles. The Kier molecular flexibility index (Phi) is 7.74. The maximum absolute atomic E-state index is 5.47. The molecule has 18 heavy (non-hydrogen) atoms. The monoisotopic (exact) mass is 251 g/mol. The van der Waals surface area contributed by atoms with E-state index in [1.165, 1.54) is 57.1 Å². The number of nitrogens with two attached hydrogens (primary N) is 1. The molecule has 0 saturated carbocycles. The zero-order valence-corrected chi connectivity index (χ0v) is 12.1. The first-order chi connectivity index (χ1) is 8.74. The molecule has 0 aromatic carbocycles. The summed E-state index contributed by atoms with van der Waals surface area (Å²) < 4.78 is 2.14. The lowest BCUT2D eigenvalue weighted by atomic mass is 10.1. The Hall–Kier alpha value is -0.830. The molecule has 0 unspecified atom stereocenters. The molecule has 104 valence electrons. The zero-order chi connectivity index (χ0) is 13.2. The highest BCUT2D eigenvalue weighted by Gasteiger charge is 1.99. The molecule has 3 heteroatoms. The van der Waals surface area contributed by atoms with Gasteiger partial charge in [-0.1, -0.05) is 38.5 Å². The van der Waals surface area contributed by atoms with Crippen LogP contribution in [-0.4, -0.2) is 16.3 Å². The molecule has 0 radical (unpaired) electrons. The number of rotatable bonds is 10. The van der Waals surface area contributed by atoms with Gasteiger partial charge < -0.3 is 5.73 Å².